The van der Waals surface area contributed by atoms with Crippen LogP contribution in [0.15, 0.2) is 40.9 Å². The number of aromatic nitrogens is 2. The molecule has 98 valence electrons. The third-order valence-corrected chi connectivity index (χ3v) is 4.38. The summed E-state index contributed by atoms with van der Waals surface area (Å²) < 4.78 is 3.10. The minimum absolute atomic E-state index is 0.651. The molecule has 4 heteroatoms. The number of aryl methyl sites for hydroxylation is 1. The number of benzene rings is 2. The van der Waals surface area contributed by atoms with E-state index in [-0.39, 0.29) is 0 Å². The summed E-state index contributed by atoms with van der Waals surface area (Å²) in [6.45, 7) is 2.07. The Morgan fingerprint density at radius 1 is 1.25 bits per heavy atom. The lowest BCUT2D eigenvalue weighted by Gasteiger charge is -2.07. The largest absolute Gasteiger partial charge is 0.327 e. The second kappa shape index (κ2) is 4.77. The average molecular weight is 326 g/mol. The van der Waals surface area contributed by atoms with Crippen LogP contribution in [0.2, 0.25) is 0 Å². The number of imidazole rings is 1. The van der Waals surface area contributed by atoms with Crippen molar-refractivity contribution in [1.82, 2.24) is 9.55 Å². The number of hydrogen-bond donors (Lipinski definition) is 0. The van der Waals surface area contributed by atoms with Crippen LogP contribution in [0.4, 0.5) is 0 Å². The molecule has 20 heavy (non-hydrogen) atoms. The molecular formula is C16H12BrN3. The van der Waals surface area contributed by atoms with Crippen molar-refractivity contribution in [3.05, 3.63) is 52.0 Å². The van der Waals surface area contributed by atoms with Crippen molar-refractivity contribution in [3.63, 3.8) is 0 Å². The van der Waals surface area contributed by atoms with E-state index in [4.69, 9.17) is 10.2 Å². The Hall–Kier alpha value is -2.12. The van der Waals surface area contributed by atoms with Crippen LogP contribution in [-0.2, 0) is 7.05 Å². The van der Waals surface area contributed by atoms with Crippen LogP contribution >= 0.6 is 15.9 Å². The molecule has 0 saturated carbocycles. The summed E-state index contributed by atoms with van der Waals surface area (Å²) in [7, 11) is 1.98. The molecule has 0 amide bonds. The smallest absolute Gasteiger partial charge is 0.141 e. The zero-order valence-corrected chi connectivity index (χ0v) is 12.8. The van der Waals surface area contributed by atoms with Gasteiger partial charge in [0.15, 0.2) is 0 Å². The lowest BCUT2D eigenvalue weighted by atomic mass is 10.1. The molecule has 1 heterocycles. The van der Waals surface area contributed by atoms with Gasteiger partial charge in [0, 0.05) is 17.1 Å². The van der Waals surface area contributed by atoms with Gasteiger partial charge in [-0.15, -0.1) is 0 Å². The maximum Gasteiger partial charge on any atom is 0.141 e. The topological polar surface area (TPSA) is 41.6 Å². The van der Waals surface area contributed by atoms with Gasteiger partial charge in [0.05, 0.1) is 22.7 Å². The van der Waals surface area contributed by atoms with E-state index in [1.807, 2.05) is 35.9 Å². The molecule has 0 unspecified atom stereocenters. The molecule has 0 spiro atoms. The highest BCUT2D eigenvalue weighted by molar-refractivity contribution is 9.10. The van der Waals surface area contributed by atoms with Crippen molar-refractivity contribution in [3.8, 4) is 17.5 Å². The van der Waals surface area contributed by atoms with Crippen molar-refractivity contribution in [2.75, 3.05) is 0 Å². The van der Waals surface area contributed by atoms with E-state index in [0.29, 0.717) is 5.56 Å². The summed E-state index contributed by atoms with van der Waals surface area (Å²) in [6, 6.07) is 13.8. The highest BCUT2D eigenvalue weighted by Crippen LogP contribution is 2.30. The molecular weight excluding hydrogens is 314 g/mol. The number of fused-ring (bicyclic) bond motifs is 1. The quantitative estimate of drug-likeness (QED) is 0.673. The summed E-state index contributed by atoms with van der Waals surface area (Å²) in [5, 5.41) is 9.01. The van der Waals surface area contributed by atoms with E-state index in [1.165, 1.54) is 0 Å². The Labute approximate surface area is 125 Å². The second-order valence-corrected chi connectivity index (χ2v) is 5.58. The molecule has 0 aliphatic carbocycles. The number of hydrogen-bond acceptors (Lipinski definition) is 2. The molecule has 2 aromatic carbocycles. The van der Waals surface area contributed by atoms with Crippen LogP contribution < -0.4 is 0 Å². The lowest BCUT2D eigenvalue weighted by Crippen LogP contribution is -1.95. The van der Waals surface area contributed by atoms with Gasteiger partial charge in [-0.3, -0.25) is 0 Å². The molecule has 0 saturated heterocycles. The van der Waals surface area contributed by atoms with Crippen LogP contribution in [0.25, 0.3) is 22.4 Å². The van der Waals surface area contributed by atoms with Crippen molar-refractivity contribution in [2.45, 2.75) is 6.92 Å². The monoisotopic (exact) mass is 325 g/mol. The van der Waals surface area contributed by atoms with Crippen LogP contribution in [0.3, 0.4) is 0 Å². The Kier molecular flexibility index (Phi) is 3.07. The first-order chi connectivity index (χ1) is 9.61. The van der Waals surface area contributed by atoms with Crippen LogP contribution in [0.1, 0.15) is 11.1 Å². The van der Waals surface area contributed by atoms with Gasteiger partial charge >= 0.3 is 0 Å². The van der Waals surface area contributed by atoms with E-state index in [2.05, 4.69) is 35.0 Å². The fourth-order valence-electron chi connectivity index (χ4n) is 2.35. The molecule has 3 aromatic rings. The molecule has 0 N–H and O–H groups in total. The van der Waals surface area contributed by atoms with Crippen molar-refractivity contribution in [2.24, 2.45) is 7.05 Å². The minimum Gasteiger partial charge on any atom is -0.327 e. The average Bonchev–Trinajstić information content (AvgIpc) is 2.78. The third-order valence-electron chi connectivity index (χ3n) is 3.52. The molecule has 0 aliphatic heterocycles. The normalized spacial score (nSPS) is 10.7. The number of nitriles is 1. The highest BCUT2D eigenvalue weighted by atomic mass is 79.9. The van der Waals surface area contributed by atoms with Crippen LogP contribution in [0, 0.1) is 18.3 Å². The first-order valence-corrected chi connectivity index (χ1v) is 7.03. The Morgan fingerprint density at radius 3 is 2.80 bits per heavy atom. The summed E-state index contributed by atoms with van der Waals surface area (Å²) in [5.41, 5.74) is 4.78. The predicted octanol–water partition coefficient (Wildman–Crippen LogP) is 4.18. The summed E-state index contributed by atoms with van der Waals surface area (Å²) in [4.78, 5) is 4.69. The number of nitrogens with zero attached hydrogens (tertiary/aromatic N) is 3. The van der Waals surface area contributed by atoms with Gasteiger partial charge in [-0.2, -0.15) is 5.26 Å². The zero-order chi connectivity index (χ0) is 14.3. The molecule has 0 aliphatic rings. The molecule has 0 radical (unpaired) electrons. The summed E-state index contributed by atoms with van der Waals surface area (Å²) in [6.07, 6.45) is 0. The zero-order valence-electron chi connectivity index (χ0n) is 11.2. The van der Waals surface area contributed by atoms with E-state index in [0.717, 1.165) is 32.5 Å². The lowest BCUT2D eigenvalue weighted by molar-refractivity contribution is 0.957. The maximum absolute atomic E-state index is 9.01. The van der Waals surface area contributed by atoms with Gasteiger partial charge < -0.3 is 4.57 Å². The second-order valence-electron chi connectivity index (χ2n) is 4.72. The highest BCUT2D eigenvalue weighted by Gasteiger charge is 2.13. The van der Waals surface area contributed by atoms with Crippen LogP contribution in [-0.4, -0.2) is 9.55 Å². The Balaban J connectivity index is 2.30. The third kappa shape index (κ3) is 1.91. The van der Waals surface area contributed by atoms with Gasteiger partial charge in [-0.25, -0.2) is 4.98 Å². The van der Waals surface area contributed by atoms with E-state index >= 15 is 0 Å². The van der Waals surface area contributed by atoms with Crippen molar-refractivity contribution >= 4 is 27.0 Å². The van der Waals surface area contributed by atoms with Gasteiger partial charge in [-0.05, 0) is 36.8 Å². The molecule has 0 atom stereocenters. The fraction of sp³-hybridized carbons (Fsp3) is 0.125. The molecule has 0 bridgehead atoms. The van der Waals surface area contributed by atoms with E-state index in [1.54, 1.807) is 6.07 Å². The fourth-order valence-corrected chi connectivity index (χ4v) is 2.72. The SMILES string of the molecule is Cc1c(Br)cccc1-c1nc2ccc(C#N)cc2n1C. The van der Waals surface area contributed by atoms with Crippen molar-refractivity contribution in [1.29, 1.82) is 5.26 Å². The first kappa shape index (κ1) is 12.9. The number of halogens is 1. The van der Waals surface area contributed by atoms with E-state index < -0.39 is 0 Å². The van der Waals surface area contributed by atoms with Crippen LogP contribution in [0.5, 0.6) is 0 Å². The van der Waals surface area contributed by atoms with Gasteiger partial charge in [-0.1, -0.05) is 28.1 Å². The van der Waals surface area contributed by atoms with E-state index in [9.17, 15) is 0 Å². The Bertz CT molecular complexity index is 856. The van der Waals surface area contributed by atoms with Crippen molar-refractivity contribution < 1.29 is 0 Å². The predicted molar refractivity (Wildman–Crippen MR) is 83.3 cm³/mol. The summed E-state index contributed by atoms with van der Waals surface area (Å²) >= 11 is 3.55. The maximum atomic E-state index is 9.01. The van der Waals surface area contributed by atoms with Gasteiger partial charge in [0.1, 0.15) is 5.82 Å². The molecule has 3 rings (SSSR count). The minimum atomic E-state index is 0.651. The van der Waals surface area contributed by atoms with Gasteiger partial charge in [0.25, 0.3) is 0 Å². The standard InChI is InChI=1S/C16H12BrN3/c1-10-12(4-3-5-13(10)17)16-19-14-7-6-11(9-18)8-15(14)20(16)2/h3-8H,1-2H3. The molecule has 3 nitrogen and oxygen atoms in total. The number of rotatable bonds is 1. The van der Waals surface area contributed by atoms with Gasteiger partial charge in [0.2, 0.25) is 0 Å². The molecule has 0 fully saturated rings. The molecule has 1 aromatic heterocycles. The first-order valence-electron chi connectivity index (χ1n) is 6.24. The Morgan fingerprint density at radius 2 is 2.05 bits per heavy atom. The summed E-state index contributed by atoms with van der Waals surface area (Å²) in [5.74, 6) is 0.911.